The van der Waals surface area contributed by atoms with E-state index in [0.717, 1.165) is 5.69 Å². The zero-order valence-corrected chi connectivity index (χ0v) is 8.63. The number of methoxy groups -OCH3 is 1. The second-order valence-corrected chi connectivity index (χ2v) is 3.24. The Hall–Kier alpha value is -1.36. The van der Waals surface area contributed by atoms with Crippen LogP contribution in [0.2, 0.25) is 0 Å². The third-order valence-electron chi connectivity index (χ3n) is 1.87. The molecular weight excluding hydrogens is 182 g/mol. The number of nitrogens with zero attached hydrogens (tertiary/aromatic N) is 1. The van der Waals surface area contributed by atoms with Gasteiger partial charge in [-0.25, -0.2) is 0 Å². The summed E-state index contributed by atoms with van der Waals surface area (Å²) in [5.74, 6) is -0.124. The van der Waals surface area contributed by atoms with Crippen LogP contribution >= 0.6 is 0 Å². The number of aromatic nitrogens is 2. The lowest BCUT2D eigenvalue weighted by Crippen LogP contribution is -2.35. The first-order valence-corrected chi connectivity index (χ1v) is 4.45. The van der Waals surface area contributed by atoms with Crippen LogP contribution in [-0.2, 0) is 4.74 Å². The number of nitrogens with one attached hydrogen (secondary N) is 2. The molecule has 0 saturated heterocycles. The van der Waals surface area contributed by atoms with Crippen LogP contribution in [0, 0.1) is 6.92 Å². The minimum absolute atomic E-state index is 0.00167. The highest BCUT2D eigenvalue weighted by Crippen LogP contribution is 2.02. The van der Waals surface area contributed by atoms with E-state index in [1.165, 1.54) is 6.20 Å². The molecule has 0 bridgehead atoms. The highest BCUT2D eigenvalue weighted by molar-refractivity contribution is 5.95. The number of carbonyl (C=O) groups excluding carboxylic acids is 1. The van der Waals surface area contributed by atoms with Crippen molar-refractivity contribution in [3.63, 3.8) is 0 Å². The predicted molar refractivity (Wildman–Crippen MR) is 52.1 cm³/mol. The lowest BCUT2D eigenvalue weighted by atomic mass is 10.2. The van der Waals surface area contributed by atoms with Crippen LogP contribution in [0.15, 0.2) is 6.20 Å². The molecule has 78 valence electrons. The molecule has 0 spiro atoms. The van der Waals surface area contributed by atoms with Crippen LogP contribution in [-0.4, -0.2) is 35.9 Å². The van der Waals surface area contributed by atoms with Crippen molar-refractivity contribution in [1.29, 1.82) is 0 Å². The van der Waals surface area contributed by atoms with Crippen LogP contribution in [0.3, 0.4) is 0 Å². The summed E-state index contributed by atoms with van der Waals surface area (Å²) in [5, 5.41) is 9.29. The molecular formula is C9H15N3O2. The average molecular weight is 197 g/mol. The molecule has 5 heteroatoms. The summed E-state index contributed by atoms with van der Waals surface area (Å²) < 4.78 is 4.91. The molecule has 1 unspecified atom stereocenters. The quantitative estimate of drug-likeness (QED) is 0.737. The second kappa shape index (κ2) is 4.76. The molecule has 0 aliphatic carbocycles. The fourth-order valence-electron chi connectivity index (χ4n) is 1.17. The SMILES string of the molecule is COCC(C)NC(=O)c1cn[nH]c1C. The Bertz CT molecular complexity index is 309. The Labute approximate surface area is 82.8 Å². The van der Waals surface area contributed by atoms with Crippen molar-refractivity contribution in [2.45, 2.75) is 19.9 Å². The van der Waals surface area contributed by atoms with Gasteiger partial charge in [-0.3, -0.25) is 9.89 Å². The molecule has 0 aliphatic heterocycles. The summed E-state index contributed by atoms with van der Waals surface area (Å²) in [5.41, 5.74) is 1.35. The molecule has 0 saturated carbocycles. The summed E-state index contributed by atoms with van der Waals surface area (Å²) in [7, 11) is 1.60. The van der Waals surface area contributed by atoms with Crippen molar-refractivity contribution in [3.8, 4) is 0 Å². The van der Waals surface area contributed by atoms with Gasteiger partial charge < -0.3 is 10.1 Å². The third-order valence-corrected chi connectivity index (χ3v) is 1.87. The minimum Gasteiger partial charge on any atom is -0.383 e. The van der Waals surface area contributed by atoms with Crippen LogP contribution < -0.4 is 5.32 Å². The number of H-pyrrole nitrogens is 1. The van der Waals surface area contributed by atoms with Gasteiger partial charge in [0.15, 0.2) is 0 Å². The van der Waals surface area contributed by atoms with Crippen LogP contribution in [0.25, 0.3) is 0 Å². The number of carbonyl (C=O) groups is 1. The molecule has 1 atom stereocenters. The second-order valence-electron chi connectivity index (χ2n) is 3.24. The van der Waals surface area contributed by atoms with E-state index in [1.807, 2.05) is 13.8 Å². The van der Waals surface area contributed by atoms with Gasteiger partial charge >= 0.3 is 0 Å². The average Bonchev–Trinajstić information content (AvgIpc) is 2.51. The monoisotopic (exact) mass is 197 g/mol. The highest BCUT2D eigenvalue weighted by atomic mass is 16.5. The number of hydrogen-bond donors (Lipinski definition) is 2. The van der Waals surface area contributed by atoms with Crippen molar-refractivity contribution >= 4 is 5.91 Å². The van der Waals surface area contributed by atoms with Gasteiger partial charge in [-0.2, -0.15) is 5.10 Å². The molecule has 1 rings (SSSR count). The van der Waals surface area contributed by atoms with E-state index in [-0.39, 0.29) is 11.9 Å². The molecule has 0 radical (unpaired) electrons. The van der Waals surface area contributed by atoms with Gasteiger partial charge in [-0.15, -0.1) is 0 Å². The van der Waals surface area contributed by atoms with Gasteiger partial charge in [0.1, 0.15) is 0 Å². The van der Waals surface area contributed by atoms with Crippen molar-refractivity contribution in [2.75, 3.05) is 13.7 Å². The fraction of sp³-hybridized carbons (Fsp3) is 0.556. The zero-order valence-electron chi connectivity index (χ0n) is 8.63. The summed E-state index contributed by atoms with van der Waals surface area (Å²) in [6, 6.07) is 0.00167. The normalized spacial score (nSPS) is 12.5. The Kier molecular flexibility index (Phi) is 3.64. The number of amides is 1. The van der Waals surface area contributed by atoms with Crippen LogP contribution in [0.1, 0.15) is 23.0 Å². The molecule has 1 heterocycles. The lowest BCUT2D eigenvalue weighted by Gasteiger charge is -2.11. The largest absolute Gasteiger partial charge is 0.383 e. The highest BCUT2D eigenvalue weighted by Gasteiger charge is 2.12. The maximum absolute atomic E-state index is 11.6. The first kappa shape index (κ1) is 10.7. The van der Waals surface area contributed by atoms with E-state index < -0.39 is 0 Å². The van der Waals surface area contributed by atoms with Crippen LogP contribution in [0.4, 0.5) is 0 Å². The summed E-state index contributed by atoms with van der Waals surface area (Å²) in [6.07, 6.45) is 1.52. The molecule has 0 aliphatic rings. The fourth-order valence-corrected chi connectivity index (χ4v) is 1.17. The van der Waals surface area contributed by atoms with Crippen LogP contribution in [0.5, 0.6) is 0 Å². The number of ether oxygens (including phenoxy) is 1. The standard InChI is InChI=1S/C9H15N3O2/c1-6(5-14-3)11-9(13)8-4-10-12-7(8)2/h4,6H,5H2,1-3H3,(H,10,12)(H,11,13). The lowest BCUT2D eigenvalue weighted by molar-refractivity contribution is 0.0905. The van der Waals surface area contributed by atoms with E-state index in [2.05, 4.69) is 15.5 Å². The van der Waals surface area contributed by atoms with E-state index >= 15 is 0 Å². The van der Waals surface area contributed by atoms with Crippen molar-refractivity contribution in [3.05, 3.63) is 17.5 Å². The molecule has 2 N–H and O–H groups in total. The summed E-state index contributed by atoms with van der Waals surface area (Å²) >= 11 is 0. The zero-order chi connectivity index (χ0) is 10.6. The molecule has 1 aromatic rings. The topological polar surface area (TPSA) is 67.0 Å². The molecule has 0 fully saturated rings. The van der Waals surface area contributed by atoms with Gasteiger partial charge in [-0.1, -0.05) is 0 Å². The Morgan fingerprint density at radius 1 is 1.79 bits per heavy atom. The van der Waals surface area contributed by atoms with E-state index in [9.17, 15) is 4.79 Å². The smallest absolute Gasteiger partial charge is 0.255 e. The summed E-state index contributed by atoms with van der Waals surface area (Å²) in [4.78, 5) is 11.6. The Morgan fingerprint density at radius 3 is 3.00 bits per heavy atom. The first-order valence-electron chi connectivity index (χ1n) is 4.45. The van der Waals surface area contributed by atoms with Gasteiger partial charge in [0.05, 0.1) is 18.4 Å². The van der Waals surface area contributed by atoms with Gasteiger partial charge in [0.25, 0.3) is 5.91 Å². The number of aromatic amines is 1. The van der Waals surface area contributed by atoms with E-state index in [1.54, 1.807) is 7.11 Å². The number of rotatable bonds is 4. The number of aryl methyl sites for hydroxylation is 1. The first-order chi connectivity index (χ1) is 6.65. The predicted octanol–water partition coefficient (Wildman–Crippen LogP) is 0.483. The maximum atomic E-state index is 11.6. The molecule has 5 nitrogen and oxygen atoms in total. The summed E-state index contributed by atoms with van der Waals surface area (Å²) in [6.45, 7) is 4.20. The third kappa shape index (κ3) is 2.56. The minimum atomic E-state index is -0.124. The molecule has 1 amide bonds. The van der Waals surface area contributed by atoms with E-state index in [0.29, 0.717) is 12.2 Å². The van der Waals surface area contributed by atoms with Crippen molar-refractivity contribution < 1.29 is 9.53 Å². The molecule has 14 heavy (non-hydrogen) atoms. The maximum Gasteiger partial charge on any atom is 0.255 e. The Morgan fingerprint density at radius 2 is 2.50 bits per heavy atom. The van der Waals surface area contributed by atoms with Crippen molar-refractivity contribution in [1.82, 2.24) is 15.5 Å². The molecule has 1 aromatic heterocycles. The Balaban J connectivity index is 2.55. The van der Waals surface area contributed by atoms with Gasteiger partial charge in [0, 0.05) is 18.8 Å². The number of hydrogen-bond acceptors (Lipinski definition) is 3. The van der Waals surface area contributed by atoms with Gasteiger partial charge in [0.2, 0.25) is 0 Å². The van der Waals surface area contributed by atoms with Gasteiger partial charge in [-0.05, 0) is 13.8 Å². The van der Waals surface area contributed by atoms with E-state index in [4.69, 9.17) is 4.74 Å². The van der Waals surface area contributed by atoms with Crippen molar-refractivity contribution in [2.24, 2.45) is 0 Å². The molecule has 0 aromatic carbocycles.